The summed E-state index contributed by atoms with van der Waals surface area (Å²) in [4.78, 5) is 2.48. The molecule has 1 aromatic rings. The van der Waals surface area contributed by atoms with Gasteiger partial charge in [0.1, 0.15) is 0 Å². The molecule has 2 N–H and O–H groups in total. The van der Waals surface area contributed by atoms with Gasteiger partial charge in [-0.1, -0.05) is 18.6 Å². The first kappa shape index (κ1) is 14.9. The fraction of sp³-hybridized carbons (Fsp3) is 0.684. The molecule has 2 aliphatic rings. The minimum atomic E-state index is 0.238. The Bertz CT molecular complexity index is 494. The Morgan fingerprint density at radius 3 is 2.67 bits per heavy atom. The molecule has 2 saturated carbocycles. The van der Waals surface area contributed by atoms with Crippen LogP contribution >= 0.6 is 0 Å². The first-order valence-corrected chi connectivity index (χ1v) is 8.59. The van der Waals surface area contributed by atoms with E-state index in [4.69, 9.17) is 5.73 Å². The van der Waals surface area contributed by atoms with Crippen molar-refractivity contribution in [2.45, 2.75) is 52.0 Å². The summed E-state index contributed by atoms with van der Waals surface area (Å²) in [6, 6.07) is 7.10. The van der Waals surface area contributed by atoms with E-state index in [9.17, 15) is 0 Å². The van der Waals surface area contributed by atoms with Gasteiger partial charge >= 0.3 is 0 Å². The summed E-state index contributed by atoms with van der Waals surface area (Å²) in [6.45, 7) is 5.54. The number of nitrogens with zero attached hydrogens (tertiary/aromatic N) is 1. The molecule has 2 heteroatoms. The van der Waals surface area contributed by atoms with Crippen LogP contribution < -0.4 is 10.6 Å². The largest absolute Gasteiger partial charge is 0.374 e. The van der Waals surface area contributed by atoms with Crippen molar-refractivity contribution in [3.63, 3.8) is 0 Å². The molecule has 0 saturated heterocycles. The number of benzene rings is 1. The third kappa shape index (κ3) is 3.26. The van der Waals surface area contributed by atoms with Crippen molar-refractivity contribution in [2.24, 2.45) is 23.5 Å². The third-order valence-electron chi connectivity index (χ3n) is 5.62. The first-order chi connectivity index (χ1) is 10.0. The second-order valence-corrected chi connectivity index (χ2v) is 7.62. The van der Waals surface area contributed by atoms with Gasteiger partial charge in [-0.15, -0.1) is 0 Å². The maximum Gasteiger partial charge on any atom is 0.0393 e. The number of aryl methyl sites for hydroxylation is 1. The van der Waals surface area contributed by atoms with Gasteiger partial charge in [0.2, 0.25) is 0 Å². The van der Waals surface area contributed by atoms with Gasteiger partial charge in [0.15, 0.2) is 0 Å². The van der Waals surface area contributed by atoms with E-state index in [1.807, 2.05) is 0 Å². The Morgan fingerprint density at radius 2 is 2.10 bits per heavy atom. The Kier molecular flexibility index (Phi) is 4.26. The van der Waals surface area contributed by atoms with E-state index in [0.717, 1.165) is 24.2 Å². The topological polar surface area (TPSA) is 29.3 Å². The lowest BCUT2D eigenvalue weighted by Gasteiger charge is -2.29. The molecular formula is C19H30N2. The predicted octanol–water partition coefficient (Wildman–Crippen LogP) is 3.76. The molecule has 4 unspecified atom stereocenters. The van der Waals surface area contributed by atoms with Crippen molar-refractivity contribution in [3.05, 3.63) is 29.3 Å². The lowest BCUT2D eigenvalue weighted by atomic mass is 9.88. The molecule has 2 fully saturated rings. The summed E-state index contributed by atoms with van der Waals surface area (Å²) in [5.41, 5.74) is 10.0. The minimum Gasteiger partial charge on any atom is -0.374 e. The van der Waals surface area contributed by atoms with Crippen molar-refractivity contribution >= 4 is 5.69 Å². The SMILES string of the molecule is Cc1cc(CC(C)N)ccc1N(C)CC1CC2CCC1C2. The molecule has 0 spiro atoms. The molecule has 0 aliphatic heterocycles. The molecule has 4 atom stereocenters. The zero-order valence-electron chi connectivity index (χ0n) is 13.8. The second kappa shape index (κ2) is 6.00. The predicted molar refractivity (Wildman–Crippen MR) is 90.7 cm³/mol. The normalized spacial score (nSPS) is 28.9. The van der Waals surface area contributed by atoms with Crippen molar-refractivity contribution in [2.75, 3.05) is 18.5 Å². The van der Waals surface area contributed by atoms with Gasteiger partial charge in [-0.3, -0.25) is 0 Å². The summed E-state index contributed by atoms with van der Waals surface area (Å²) in [5, 5.41) is 0. The van der Waals surface area contributed by atoms with E-state index >= 15 is 0 Å². The highest BCUT2D eigenvalue weighted by Gasteiger charge is 2.39. The van der Waals surface area contributed by atoms with Crippen molar-refractivity contribution in [3.8, 4) is 0 Å². The maximum absolute atomic E-state index is 5.91. The molecule has 0 aromatic heterocycles. The summed E-state index contributed by atoms with van der Waals surface area (Å²) in [6.07, 6.45) is 6.92. The van der Waals surface area contributed by atoms with Gasteiger partial charge in [-0.25, -0.2) is 0 Å². The van der Waals surface area contributed by atoms with Gasteiger partial charge in [-0.05, 0) is 74.5 Å². The van der Waals surface area contributed by atoms with Crippen LogP contribution in [0.1, 0.15) is 43.7 Å². The third-order valence-corrected chi connectivity index (χ3v) is 5.62. The fourth-order valence-corrected chi connectivity index (χ4v) is 4.69. The Labute approximate surface area is 129 Å². The first-order valence-electron chi connectivity index (χ1n) is 8.59. The highest BCUT2D eigenvalue weighted by Crippen LogP contribution is 2.48. The van der Waals surface area contributed by atoms with Gasteiger partial charge in [0.25, 0.3) is 0 Å². The van der Waals surface area contributed by atoms with E-state index < -0.39 is 0 Å². The van der Waals surface area contributed by atoms with Crippen molar-refractivity contribution in [1.82, 2.24) is 0 Å². The molecule has 116 valence electrons. The average Bonchev–Trinajstić information content (AvgIpc) is 3.00. The highest BCUT2D eigenvalue weighted by molar-refractivity contribution is 5.54. The zero-order chi connectivity index (χ0) is 15.0. The van der Waals surface area contributed by atoms with E-state index in [0.29, 0.717) is 0 Å². The summed E-state index contributed by atoms with van der Waals surface area (Å²) in [7, 11) is 2.26. The van der Waals surface area contributed by atoms with E-state index in [-0.39, 0.29) is 6.04 Å². The van der Waals surface area contributed by atoms with Crippen LogP contribution in [0.4, 0.5) is 5.69 Å². The summed E-state index contributed by atoms with van der Waals surface area (Å²) in [5.74, 6) is 2.98. The van der Waals surface area contributed by atoms with Gasteiger partial charge in [-0.2, -0.15) is 0 Å². The maximum atomic E-state index is 5.91. The number of nitrogens with two attached hydrogens (primary N) is 1. The van der Waals surface area contributed by atoms with Gasteiger partial charge in [0, 0.05) is 25.3 Å². The molecule has 0 radical (unpaired) electrons. The quantitative estimate of drug-likeness (QED) is 0.893. The molecule has 3 rings (SSSR count). The molecule has 0 heterocycles. The van der Waals surface area contributed by atoms with Crippen LogP contribution in [0.2, 0.25) is 0 Å². The van der Waals surface area contributed by atoms with Gasteiger partial charge < -0.3 is 10.6 Å². The molecular weight excluding hydrogens is 256 g/mol. The van der Waals surface area contributed by atoms with Crippen LogP contribution in [0, 0.1) is 24.7 Å². The van der Waals surface area contributed by atoms with Crippen LogP contribution in [0.5, 0.6) is 0 Å². The Hall–Kier alpha value is -1.02. The highest BCUT2D eigenvalue weighted by atomic mass is 15.1. The number of hydrogen-bond donors (Lipinski definition) is 1. The van der Waals surface area contributed by atoms with E-state index in [2.05, 4.69) is 44.0 Å². The fourth-order valence-electron chi connectivity index (χ4n) is 4.69. The second-order valence-electron chi connectivity index (χ2n) is 7.62. The van der Waals surface area contributed by atoms with Crippen LogP contribution in [0.25, 0.3) is 0 Å². The zero-order valence-corrected chi connectivity index (χ0v) is 13.8. The lowest BCUT2D eigenvalue weighted by molar-refractivity contribution is 0.337. The number of hydrogen-bond acceptors (Lipinski definition) is 2. The molecule has 2 bridgehead atoms. The lowest BCUT2D eigenvalue weighted by Crippen LogP contribution is -2.29. The molecule has 21 heavy (non-hydrogen) atoms. The molecule has 2 aliphatic carbocycles. The Morgan fingerprint density at radius 1 is 1.29 bits per heavy atom. The van der Waals surface area contributed by atoms with Gasteiger partial charge in [0.05, 0.1) is 0 Å². The number of anilines is 1. The summed E-state index contributed by atoms with van der Waals surface area (Å²) < 4.78 is 0. The Balaban J connectivity index is 1.65. The number of fused-ring (bicyclic) bond motifs is 2. The van der Waals surface area contributed by atoms with Crippen LogP contribution in [0.3, 0.4) is 0 Å². The smallest absolute Gasteiger partial charge is 0.0393 e. The van der Waals surface area contributed by atoms with E-state index in [1.165, 1.54) is 49.0 Å². The van der Waals surface area contributed by atoms with Crippen LogP contribution in [-0.4, -0.2) is 19.6 Å². The van der Waals surface area contributed by atoms with Crippen molar-refractivity contribution < 1.29 is 0 Å². The van der Waals surface area contributed by atoms with Crippen LogP contribution in [-0.2, 0) is 6.42 Å². The molecule has 0 amide bonds. The monoisotopic (exact) mass is 286 g/mol. The van der Waals surface area contributed by atoms with E-state index in [1.54, 1.807) is 0 Å². The molecule has 1 aromatic carbocycles. The standard InChI is InChI=1S/C19H30N2/c1-13-8-15(9-14(2)20)5-7-19(13)21(3)12-18-11-16-4-6-17(18)10-16/h5,7-8,14,16-18H,4,6,9-12,20H2,1-3H3. The van der Waals surface area contributed by atoms with Crippen molar-refractivity contribution in [1.29, 1.82) is 0 Å². The average molecular weight is 286 g/mol. The summed E-state index contributed by atoms with van der Waals surface area (Å²) >= 11 is 0. The number of rotatable bonds is 5. The minimum absolute atomic E-state index is 0.238. The van der Waals surface area contributed by atoms with Crippen LogP contribution in [0.15, 0.2) is 18.2 Å². The molecule has 2 nitrogen and oxygen atoms in total.